The average Bonchev–Trinajstić information content (AvgIpc) is 3.01. The van der Waals surface area contributed by atoms with Crippen LogP contribution in [0, 0.1) is 0 Å². The molecule has 126 valence electrons. The predicted molar refractivity (Wildman–Crippen MR) is 91.8 cm³/mol. The average molecular weight is 346 g/mol. The Morgan fingerprint density at radius 1 is 1.12 bits per heavy atom. The van der Waals surface area contributed by atoms with Gasteiger partial charge in [-0.1, -0.05) is 30.3 Å². The lowest BCUT2D eigenvalue weighted by atomic mass is 10.2. The van der Waals surface area contributed by atoms with Crippen LogP contribution in [0.4, 0.5) is 5.00 Å². The zero-order valence-corrected chi connectivity index (χ0v) is 14.2. The normalized spacial score (nSPS) is 11.4. The van der Waals surface area contributed by atoms with E-state index in [2.05, 4.69) is 10.6 Å². The summed E-state index contributed by atoms with van der Waals surface area (Å²) in [5.41, 5.74) is 0.961. The molecule has 2 amide bonds. The molecule has 7 heteroatoms. The number of esters is 1. The van der Waals surface area contributed by atoms with Crippen molar-refractivity contribution in [3.63, 3.8) is 0 Å². The third-order valence-electron chi connectivity index (χ3n) is 3.07. The summed E-state index contributed by atoms with van der Waals surface area (Å²) >= 11 is 1.10. The van der Waals surface area contributed by atoms with Crippen molar-refractivity contribution in [2.45, 2.75) is 26.5 Å². The van der Waals surface area contributed by atoms with Crippen LogP contribution in [0.15, 0.2) is 42.5 Å². The number of benzene rings is 1. The van der Waals surface area contributed by atoms with E-state index in [0.29, 0.717) is 16.4 Å². The van der Waals surface area contributed by atoms with Gasteiger partial charge in [0.05, 0.1) is 5.00 Å². The molecule has 0 bridgehead atoms. The molecule has 1 aromatic carbocycles. The first-order valence-corrected chi connectivity index (χ1v) is 8.17. The van der Waals surface area contributed by atoms with Crippen molar-refractivity contribution in [1.82, 2.24) is 5.32 Å². The van der Waals surface area contributed by atoms with Crippen molar-refractivity contribution in [2.24, 2.45) is 0 Å². The summed E-state index contributed by atoms with van der Waals surface area (Å²) in [5.74, 6) is -1.18. The fourth-order valence-electron chi connectivity index (χ4n) is 1.89. The first-order chi connectivity index (χ1) is 11.5. The van der Waals surface area contributed by atoms with E-state index in [1.54, 1.807) is 12.1 Å². The van der Waals surface area contributed by atoms with Crippen LogP contribution in [0.3, 0.4) is 0 Å². The number of thiophene rings is 1. The minimum atomic E-state index is -0.910. The summed E-state index contributed by atoms with van der Waals surface area (Å²) in [6.07, 6.45) is -0.910. The van der Waals surface area contributed by atoms with Crippen molar-refractivity contribution in [3.05, 3.63) is 52.9 Å². The highest BCUT2D eigenvalue weighted by molar-refractivity contribution is 7.18. The zero-order valence-electron chi connectivity index (χ0n) is 13.4. The number of amides is 2. The van der Waals surface area contributed by atoms with Crippen LogP contribution in [-0.4, -0.2) is 23.9 Å². The molecule has 2 N–H and O–H groups in total. The van der Waals surface area contributed by atoms with Gasteiger partial charge in [0.15, 0.2) is 6.10 Å². The molecule has 0 spiro atoms. The van der Waals surface area contributed by atoms with Gasteiger partial charge < -0.3 is 15.4 Å². The summed E-state index contributed by atoms with van der Waals surface area (Å²) in [6.45, 7) is 3.27. The molecule has 1 heterocycles. The molecule has 0 radical (unpaired) electrons. The molecule has 0 aliphatic rings. The van der Waals surface area contributed by atoms with Gasteiger partial charge >= 0.3 is 5.97 Å². The van der Waals surface area contributed by atoms with Crippen LogP contribution in [0.2, 0.25) is 0 Å². The van der Waals surface area contributed by atoms with Gasteiger partial charge in [-0.15, -0.1) is 11.3 Å². The predicted octanol–water partition coefficient (Wildman–Crippen LogP) is 2.57. The highest BCUT2D eigenvalue weighted by atomic mass is 32.1. The highest BCUT2D eigenvalue weighted by Gasteiger charge is 2.20. The quantitative estimate of drug-likeness (QED) is 0.787. The Morgan fingerprint density at radius 3 is 2.50 bits per heavy atom. The molecule has 6 nitrogen and oxygen atoms in total. The molecule has 0 aliphatic heterocycles. The summed E-state index contributed by atoms with van der Waals surface area (Å²) in [6, 6.07) is 12.6. The Labute approximate surface area is 143 Å². The van der Waals surface area contributed by atoms with Crippen molar-refractivity contribution >= 4 is 34.1 Å². The molecular formula is C17H18N2O4S. The first-order valence-electron chi connectivity index (χ1n) is 7.35. The summed E-state index contributed by atoms with van der Waals surface area (Å²) < 4.78 is 5.15. The second-order valence-electron chi connectivity index (χ2n) is 5.10. The van der Waals surface area contributed by atoms with Crippen molar-refractivity contribution in [2.75, 3.05) is 5.32 Å². The van der Waals surface area contributed by atoms with Gasteiger partial charge in [-0.2, -0.15) is 0 Å². The number of anilines is 1. The lowest BCUT2D eigenvalue weighted by Gasteiger charge is -2.13. The van der Waals surface area contributed by atoms with Crippen molar-refractivity contribution in [3.8, 4) is 0 Å². The lowest BCUT2D eigenvalue weighted by Crippen LogP contribution is -2.35. The number of nitrogens with one attached hydrogen (secondary N) is 2. The van der Waals surface area contributed by atoms with Gasteiger partial charge in [-0.05, 0) is 24.6 Å². The second kappa shape index (κ2) is 8.26. The van der Waals surface area contributed by atoms with Crippen molar-refractivity contribution < 1.29 is 19.1 Å². The molecule has 0 aliphatic carbocycles. The van der Waals surface area contributed by atoms with Crippen molar-refractivity contribution in [1.29, 1.82) is 0 Å². The third kappa shape index (κ3) is 5.20. The molecule has 2 rings (SSSR count). The van der Waals surface area contributed by atoms with Crippen LogP contribution in [-0.2, 0) is 20.9 Å². The SMILES string of the molecule is CC(=O)Nc1ccc(C(=O)OC(C)C(=O)NCc2ccccc2)s1. The van der Waals surface area contributed by atoms with E-state index in [9.17, 15) is 14.4 Å². The van der Waals surface area contributed by atoms with Crippen LogP contribution < -0.4 is 10.6 Å². The topological polar surface area (TPSA) is 84.5 Å². The second-order valence-corrected chi connectivity index (χ2v) is 6.18. The van der Waals surface area contributed by atoms with Crippen LogP contribution in [0.1, 0.15) is 29.1 Å². The summed E-state index contributed by atoms with van der Waals surface area (Å²) in [5, 5.41) is 5.86. The Kier molecular flexibility index (Phi) is 6.08. The van der Waals surface area contributed by atoms with Crippen LogP contribution >= 0.6 is 11.3 Å². The van der Waals surface area contributed by atoms with E-state index in [4.69, 9.17) is 4.74 Å². The van der Waals surface area contributed by atoms with Gasteiger partial charge in [0.2, 0.25) is 5.91 Å². The standard InChI is InChI=1S/C17H18N2O4S/c1-11(16(21)18-10-13-6-4-3-5-7-13)23-17(22)14-8-9-15(24-14)19-12(2)20/h3-9,11H,10H2,1-2H3,(H,18,21)(H,19,20). The Hall–Kier alpha value is -2.67. The number of carbonyl (C=O) groups is 3. The Morgan fingerprint density at radius 2 is 1.83 bits per heavy atom. The summed E-state index contributed by atoms with van der Waals surface area (Å²) in [4.78, 5) is 35.3. The fraction of sp³-hybridized carbons (Fsp3) is 0.235. The Balaban J connectivity index is 1.85. The van der Waals surface area contributed by atoms with Gasteiger partial charge in [-0.3, -0.25) is 9.59 Å². The molecule has 1 unspecified atom stereocenters. The maximum atomic E-state index is 12.0. The molecule has 1 atom stereocenters. The minimum absolute atomic E-state index is 0.217. The summed E-state index contributed by atoms with van der Waals surface area (Å²) in [7, 11) is 0. The zero-order chi connectivity index (χ0) is 17.5. The molecule has 0 saturated heterocycles. The van der Waals surface area contributed by atoms with Gasteiger partial charge in [0, 0.05) is 13.5 Å². The van der Waals surface area contributed by atoms with E-state index < -0.39 is 12.1 Å². The number of ether oxygens (including phenoxy) is 1. The van der Waals surface area contributed by atoms with E-state index in [1.165, 1.54) is 13.8 Å². The molecule has 24 heavy (non-hydrogen) atoms. The van der Waals surface area contributed by atoms with Gasteiger partial charge in [0.25, 0.3) is 5.91 Å². The molecular weight excluding hydrogens is 328 g/mol. The smallest absolute Gasteiger partial charge is 0.349 e. The third-order valence-corrected chi connectivity index (χ3v) is 4.05. The van der Waals surface area contributed by atoms with Gasteiger partial charge in [0.1, 0.15) is 4.88 Å². The number of rotatable bonds is 6. The maximum absolute atomic E-state index is 12.0. The first kappa shape index (κ1) is 17.7. The van der Waals surface area contributed by atoms with Crippen LogP contribution in [0.5, 0.6) is 0 Å². The van der Waals surface area contributed by atoms with E-state index in [0.717, 1.165) is 16.9 Å². The monoisotopic (exact) mass is 346 g/mol. The largest absolute Gasteiger partial charge is 0.448 e. The highest BCUT2D eigenvalue weighted by Crippen LogP contribution is 2.22. The molecule has 2 aromatic rings. The molecule has 0 fully saturated rings. The number of hydrogen-bond donors (Lipinski definition) is 2. The van der Waals surface area contributed by atoms with Crippen LogP contribution in [0.25, 0.3) is 0 Å². The molecule has 1 aromatic heterocycles. The van der Waals surface area contributed by atoms with E-state index in [-0.39, 0.29) is 11.8 Å². The number of carbonyl (C=O) groups excluding carboxylic acids is 3. The fourth-order valence-corrected chi connectivity index (χ4v) is 2.72. The van der Waals surface area contributed by atoms with Gasteiger partial charge in [-0.25, -0.2) is 4.79 Å². The van der Waals surface area contributed by atoms with E-state index >= 15 is 0 Å². The number of hydrogen-bond acceptors (Lipinski definition) is 5. The minimum Gasteiger partial charge on any atom is -0.448 e. The maximum Gasteiger partial charge on any atom is 0.349 e. The Bertz CT molecular complexity index is 727. The lowest BCUT2D eigenvalue weighted by molar-refractivity contribution is -0.129. The molecule has 0 saturated carbocycles. The van der Waals surface area contributed by atoms with E-state index in [1.807, 2.05) is 30.3 Å².